The molecule has 1 fully saturated rings. The number of ether oxygens (including phenoxy) is 1. The van der Waals surface area contributed by atoms with E-state index in [0.29, 0.717) is 25.4 Å². The zero-order chi connectivity index (χ0) is 20.0. The van der Waals surface area contributed by atoms with Crippen molar-refractivity contribution in [2.75, 3.05) is 19.7 Å². The Bertz CT molecular complexity index is 802. The van der Waals surface area contributed by atoms with Gasteiger partial charge in [0.2, 0.25) is 0 Å². The van der Waals surface area contributed by atoms with Crippen molar-refractivity contribution in [1.29, 1.82) is 0 Å². The third-order valence-electron chi connectivity index (χ3n) is 5.58. The first-order chi connectivity index (χ1) is 13.6. The fraction of sp³-hybridized carbons (Fsp3) is 0.500. The Balaban J connectivity index is 1.73. The van der Waals surface area contributed by atoms with Gasteiger partial charge in [-0.1, -0.05) is 30.3 Å². The molecule has 0 N–H and O–H groups in total. The lowest BCUT2D eigenvalue weighted by Gasteiger charge is -2.41. The molecular formula is C22H29N3O3. The van der Waals surface area contributed by atoms with E-state index < -0.39 is 5.41 Å². The van der Waals surface area contributed by atoms with Crippen LogP contribution < -0.4 is 0 Å². The molecule has 1 aromatic heterocycles. The van der Waals surface area contributed by atoms with E-state index in [1.807, 2.05) is 25.1 Å². The number of carbonyl (C=O) groups excluding carboxylic acids is 2. The van der Waals surface area contributed by atoms with Crippen LogP contribution in [0.4, 0.5) is 0 Å². The first-order valence-electron chi connectivity index (χ1n) is 10.0. The molecule has 0 radical (unpaired) electrons. The molecular weight excluding hydrogens is 354 g/mol. The molecule has 0 bridgehead atoms. The first-order valence-corrected chi connectivity index (χ1v) is 10.0. The summed E-state index contributed by atoms with van der Waals surface area (Å²) in [6.07, 6.45) is 5.70. The van der Waals surface area contributed by atoms with Gasteiger partial charge in [0.1, 0.15) is 5.69 Å². The normalized spacial score (nSPS) is 19.4. The van der Waals surface area contributed by atoms with E-state index in [1.165, 1.54) is 5.56 Å². The summed E-state index contributed by atoms with van der Waals surface area (Å²) in [7, 11) is 1.76. The van der Waals surface area contributed by atoms with Gasteiger partial charge in [-0.2, -0.15) is 5.10 Å². The Hall–Kier alpha value is -2.63. The van der Waals surface area contributed by atoms with Gasteiger partial charge in [-0.05, 0) is 50.7 Å². The summed E-state index contributed by atoms with van der Waals surface area (Å²) in [5.74, 6) is -0.248. The molecule has 1 aliphatic rings. The van der Waals surface area contributed by atoms with Crippen LogP contribution in [0.15, 0.2) is 42.6 Å². The second-order valence-electron chi connectivity index (χ2n) is 7.51. The number of benzene rings is 1. The zero-order valence-electron chi connectivity index (χ0n) is 16.8. The molecule has 6 heteroatoms. The molecule has 0 saturated carbocycles. The number of rotatable bonds is 7. The highest BCUT2D eigenvalue weighted by molar-refractivity contribution is 5.93. The number of esters is 1. The van der Waals surface area contributed by atoms with Crippen molar-refractivity contribution in [2.24, 2.45) is 12.5 Å². The Morgan fingerprint density at radius 3 is 2.68 bits per heavy atom. The molecule has 1 saturated heterocycles. The minimum atomic E-state index is -0.628. The molecule has 0 aliphatic carbocycles. The van der Waals surface area contributed by atoms with Crippen LogP contribution in [0.3, 0.4) is 0 Å². The van der Waals surface area contributed by atoms with Gasteiger partial charge in [0.05, 0.1) is 12.0 Å². The quantitative estimate of drug-likeness (QED) is 0.689. The van der Waals surface area contributed by atoms with Gasteiger partial charge < -0.3 is 9.64 Å². The molecule has 2 aromatic rings. The number of aryl methyl sites for hydroxylation is 2. The van der Waals surface area contributed by atoms with Gasteiger partial charge in [0.15, 0.2) is 0 Å². The lowest BCUT2D eigenvalue weighted by Crippen LogP contribution is -2.50. The van der Waals surface area contributed by atoms with E-state index in [4.69, 9.17) is 4.74 Å². The van der Waals surface area contributed by atoms with Crippen LogP contribution in [0.1, 0.15) is 48.7 Å². The lowest BCUT2D eigenvalue weighted by molar-refractivity contribution is -0.159. The Kier molecular flexibility index (Phi) is 6.49. The highest BCUT2D eigenvalue weighted by Crippen LogP contribution is 2.37. The summed E-state index contributed by atoms with van der Waals surface area (Å²) in [6.45, 7) is 3.25. The second-order valence-corrected chi connectivity index (χ2v) is 7.51. The zero-order valence-corrected chi connectivity index (χ0v) is 16.8. The van der Waals surface area contributed by atoms with E-state index in [1.54, 1.807) is 28.9 Å². The van der Waals surface area contributed by atoms with Crippen LogP contribution in [0.5, 0.6) is 0 Å². The fourth-order valence-corrected chi connectivity index (χ4v) is 4.08. The molecule has 3 rings (SSSR count). The topological polar surface area (TPSA) is 64.4 Å². The third-order valence-corrected chi connectivity index (χ3v) is 5.58. The van der Waals surface area contributed by atoms with E-state index >= 15 is 0 Å². The van der Waals surface area contributed by atoms with Gasteiger partial charge in [0.25, 0.3) is 5.91 Å². The summed E-state index contributed by atoms with van der Waals surface area (Å²) >= 11 is 0. The van der Waals surface area contributed by atoms with Crippen LogP contribution in [0.2, 0.25) is 0 Å². The lowest BCUT2D eigenvalue weighted by atomic mass is 9.75. The van der Waals surface area contributed by atoms with E-state index in [2.05, 4.69) is 17.2 Å². The smallest absolute Gasteiger partial charge is 0.313 e. The number of nitrogens with zero attached hydrogens (tertiary/aromatic N) is 3. The van der Waals surface area contributed by atoms with E-state index in [9.17, 15) is 9.59 Å². The van der Waals surface area contributed by atoms with Gasteiger partial charge in [-0.25, -0.2) is 0 Å². The first kappa shape index (κ1) is 20.1. The Labute approximate surface area is 166 Å². The number of aromatic nitrogens is 2. The van der Waals surface area contributed by atoms with Crippen LogP contribution in [0, 0.1) is 5.41 Å². The van der Waals surface area contributed by atoms with Crippen LogP contribution in [0.25, 0.3) is 0 Å². The molecule has 150 valence electrons. The van der Waals surface area contributed by atoms with Crippen molar-refractivity contribution >= 4 is 11.9 Å². The molecule has 1 aromatic carbocycles. The predicted molar refractivity (Wildman–Crippen MR) is 107 cm³/mol. The Morgan fingerprint density at radius 1 is 1.21 bits per heavy atom. The van der Waals surface area contributed by atoms with Gasteiger partial charge in [-0.3, -0.25) is 14.3 Å². The fourth-order valence-electron chi connectivity index (χ4n) is 4.08. The number of likely N-dealkylation sites (tertiary alicyclic amines) is 1. The van der Waals surface area contributed by atoms with Crippen molar-refractivity contribution < 1.29 is 14.3 Å². The number of piperidine rings is 1. The van der Waals surface area contributed by atoms with Crippen molar-refractivity contribution in [2.45, 2.75) is 39.0 Å². The standard InChI is InChI=1S/C22H29N3O3/c1-3-28-21(27)22(13-7-11-18-9-5-4-6-10-18)14-8-16-25(17-22)20(26)19-12-15-23-24(19)2/h4-6,9-10,12,15H,3,7-8,11,13-14,16-17H2,1-2H3/t22-/m1/s1. The highest BCUT2D eigenvalue weighted by atomic mass is 16.5. The maximum atomic E-state index is 13.0. The summed E-state index contributed by atoms with van der Waals surface area (Å²) in [6, 6.07) is 12.0. The summed E-state index contributed by atoms with van der Waals surface area (Å²) in [5.41, 5.74) is 1.18. The monoisotopic (exact) mass is 383 g/mol. The number of hydrogen-bond donors (Lipinski definition) is 0. The number of carbonyl (C=O) groups is 2. The van der Waals surface area contributed by atoms with Gasteiger partial charge in [-0.15, -0.1) is 0 Å². The SMILES string of the molecule is CCOC(=O)[C@]1(CCCc2ccccc2)CCCN(C(=O)c2ccnn2C)C1. The second kappa shape index (κ2) is 9.04. The van der Waals surface area contributed by atoms with Crippen molar-refractivity contribution in [3.8, 4) is 0 Å². The minimum Gasteiger partial charge on any atom is -0.466 e. The predicted octanol–water partition coefficient (Wildman–Crippen LogP) is 3.23. The molecule has 6 nitrogen and oxygen atoms in total. The average molecular weight is 383 g/mol. The van der Waals surface area contributed by atoms with Gasteiger partial charge >= 0.3 is 5.97 Å². The molecule has 1 amide bonds. The maximum absolute atomic E-state index is 13.0. The minimum absolute atomic E-state index is 0.0727. The van der Waals surface area contributed by atoms with Gasteiger partial charge in [0, 0.05) is 26.3 Å². The average Bonchev–Trinajstić information content (AvgIpc) is 3.14. The number of amides is 1. The molecule has 2 heterocycles. The third kappa shape index (κ3) is 4.43. The molecule has 0 spiro atoms. The van der Waals surface area contributed by atoms with E-state index in [0.717, 1.165) is 32.1 Å². The molecule has 1 atom stereocenters. The van der Waals surface area contributed by atoms with Crippen molar-refractivity contribution in [3.63, 3.8) is 0 Å². The van der Waals surface area contributed by atoms with Crippen LogP contribution in [-0.2, 0) is 23.0 Å². The summed E-state index contributed by atoms with van der Waals surface area (Å²) in [5, 5.41) is 4.09. The Morgan fingerprint density at radius 2 is 2.00 bits per heavy atom. The van der Waals surface area contributed by atoms with Crippen LogP contribution >= 0.6 is 0 Å². The van der Waals surface area contributed by atoms with E-state index in [-0.39, 0.29) is 11.9 Å². The summed E-state index contributed by atoms with van der Waals surface area (Å²) in [4.78, 5) is 27.7. The molecule has 28 heavy (non-hydrogen) atoms. The summed E-state index contributed by atoms with van der Waals surface area (Å²) < 4.78 is 7.02. The van der Waals surface area contributed by atoms with Crippen molar-refractivity contribution in [1.82, 2.24) is 14.7 Å². The van der Waals surface area contributed by atoms with Crippen molar-refractivity contribution in [3.05, 3.63) is 53.9 Å². The molecule has 0 unspecified atom stereocenters. The maximum Gasteiger partial charge on any atom is 0.313 e. The number of hydrogen-bond acceptors (Lipinski definition) is 4. The molecule has 1 aliphatic heterocycles. The highest BCUT2D eigenvalue weighted by Gasteiger charge is 2.44. The van der Waals surface area contributed by atoms with Crippen LogP contribution in [-0.4, -0.2) is 46.3 Å². The largest absolute Gasteiger partial charge is 0.466 e.